The fourth-order valence-electron chi connectivity index (χ4n) is 3.44. The van der Waals surface area contributed by atoms with Crippen LogP contribution in [0.15, 0.2) is 29.6 Å². The van der Waals surface area contributed by atoms with Crippen LogP contribution >= 0.6 is 23.4 Å². The molecule has 1 aliphatic heterocycles. The molecule has 0 spiro atoms. The summed E-state index contributed by atoms with van der Waals surface area (Å²) in [5.74, 6) is 0.555. The third-order valence-corrected chi connectivity index (χ3v) is 6.37. The van der Waals surface area contributed by atoms with Crippen LogP contribution in [0.5, 0.6) is 0 Å². The van der Waals surface area contributed by atoms with E-state index in [1.165, 1.54) is 18.2 Å². The molecule has 2 aromatic heterocycles. The zero-order valence-corrected chi connectivity index (χ0v) is 19.3. The van der Waals surface area contributed by atoms with Gasteiger partial charge in [-0.05, 0) is 18.6 Å². The van der Waals surface area contributed by atoms with Crippen molar-refractivity contribution < 1.29 is 13.9 Å². The van der Waals surface area contributed by atoms with Crippen LogP contribution in [0.3, 0.4) is 0 Å². The van der Waals surface area contributed by atoms with E-state index in [1.807, 2.05) is 0 Å². The van der Waals surface area contributed by atoms with Crippen molar-refractivity contribution in [3.05, 3.63) is 40.8 Å². The summed E-state index contributed by atoms with van der Waals surface area (Å²) in [6, 6.07) is 4.16. The SMILES string of the molecule is CCCSc1nc(N2CCOCC2)c2cnn(CCNC(=O)c3c(F)cccc3Cl)c2n1. The number of ether oxygens (including phenoxy) is 1. The number of morpholine rings is 1. The topological polar surface area (TPSA) is 85.2 Å². The molecule has 32 heavy (non-hydrogen) atoms. The molecule has 1 amide bonds. The second-order valence-corrected chi connectivity index (χ2v) is 8.70. The van der Waals surface area contributed by atoms with E-state index in [1.54, 1.807) is 22.6 Å². The molecular weight excluding hydrogens is 455 g/mol. The van der Waals surface area contributed by atoms with Gasteiger partial charge in [-0.2, -0.15) is 5.10 Å². The number of anilines is 1. The molecule has 11 heteroatoms. The fraction of sp³-hybridized carbons (Fsp3) is 0.429. The normalized spacial score (nSPS) is 14.2. The molecule has 3 heterocycles. The third-order valence-electron chi connectivity index (χ3n) is 5.00. The van der Waals surface area contributed by atoms with Crippen molar-refractivity contribution in [1.29, 1.82) is 0 Å². The summed E-state index contributed by atoms with van der Waals surface area (Å²) in [6.45, 7) is 5.56. The molecule has 0 radical (unpaired) electrons. The monoisotopic (exact) mass is 478 g/mol. The van der Waals surface area contributed by atoms with Crippen LogP contribution in [0.25, 0.3) is 11.0 Å². The van der Waals surface area contributed by atoms with E-state index in [0.29, 0.717) is 30.6 Å². The van der Waals surface area contributed by atoms with Crippen molar-refractivity contribution in [2.45, 2.75) is 25.0 Å². The summed E-state index contributed by atoms with van der Waals surface area (Å²) in [5.41, 5.74) is 0.549. The van der Waals surface area contributed by atoms with Gasteiger partial charge in [-0.25, -0.2) is 19.0 Å². The molecule has 170 valence electrons. The van der Waals surface area contributed by atoms with Gasteiger partial charge < -0.3 is 15.0 Å². The second kappa shape index (κ2) is 10.5. The van der Waals surface area contributed by atoms with Crippen LogP contribution in [-0.4, -0.2) is 64.3 Å². The number of aromatic nitrogens is 4. The maximum absolute atomic E-state index is 14.0. The molecule has 0 bridgehead atoms. The van der Waals surface area contributed by atoms with Gasteiger partial charge >= 0.3 is 0 Å². The van der Waals surface area contributed by atoms with Crippen molar-refractivity contribution >= 4 is 46.1 Å². The van der Waals surface area contributed by atoms with Crippen LogP contribution < -0.4 is 10.2 Å². The first-order valence-corrected chi connectivity index (χ1v) is 11.9. The number of nitrogens with zero attached hydrogens (tertiary/aromatic N) is 5. The number of carbonyl (C=O) groups is 1. The standard InChI is InChI=1S/C21H24ClFN6O2S/c1-2-12-32-21-26-18(28-8-10-31-11-9-28)14-13-25-29(19(14)27-21)7-6-24-20(30)17-15(22)4-3-5-16(17)23/h3-5,13H,2,6-12H2,1H3,(H,24,30). The Morgan fingerprint density at radius 2 is 2.12 bits per heavy atom. The average molecular weight is 479 g/mol. The highest BCUT2D eigenvalue weighted by atomic mass is 35.5. The van der Waals surface area contributed by atoms with Crippen molar-refractivity contribution in [3.63, 3.8) is 0 Å². The molecule has 1 saturated heterocycles. The van der Waals surface area contributed by atoms with Crippen molar-refractivity contribution in [1.82, 2.24) is 25.1 Å². The second-order valence-electron chi connectivity index (χ2n) is 7.24. The Morgan fingerprint density at radius 3 is 2.88 bits per heavy atom. The van der Waals surface area contributed by atoms with Gasteiger partial charge in [-0.3, -0.25) is 4.79 Å². The van der Waals surface area contributed by atoms with Crippen LogP contribution in [0.4, 0.5) is 10.2 Å². The highest BCUT2D eigenvalue weighted by Crippen LogP contribution is 2.28. The lowest BCUT2D eigenvalue weighted by molar-refractivity contribution is 0.0948. The van der Waals surface area contributed by atoms with E-state index >= 15 is 0 Å². The van der Waals surface area contributed by atoms with Crippen LogP contribution in [0.2, 0.25) is 5.02 Å². The lowest BCUT2D eigenvalue weighted by Gasteiger charge is -2.28. The Morgan fingerprint density at radius 1 is 1.31 bits per heavy atom. The minimum atomic E-state index is -0.653. The molecule has 3 aromatic rings. The number of rotatable bonds is 8. The number of amides is 1. The Kier molecular flexibility index (Phi) is 7.44. The molecule has 0 aliphatic carbocycles. The van der Waals surface area contributed by atoms with E-state index in [0.717, 1.165) is 36.5 Å². The predicted molar refractivity (Wildman–Crippen MR) is 123 cm³/mol. The molecule has 1 fully saturated rings. The molecule has 1 N–H and O–H groups in total. The first-order valence-electron chi connectivity index (χ1n) is 10.5. The number of nitrogens with one attached hydrogen (secondary N) is 1. The number of fused-ring (bicyclic) bond motifs is 1. The van der Waals surface area contributed by atoms with Gasteiger partial charge in [0.05, 0.1) is 41.9 Å². The van der Waals surface area contributed by atoms with Crippen LogP contribution in [0, 0.1) is 5.82 Å². The number of benzene rings is 1. The zero-order valence-electron chi connectivity index (χ0n) is 17.7. The van der Waals surface area contributed by atoms with Crippen LogP contribution in [0.1, 0.15) is 23.7 Å². The Hall–Kier alpha value is -2.43. The molecule has 4 rings (SSSR count). The van der Waals surface area contributed by atoms with Gasteiger partial charge in [0.1, 0.15) is 11.6 Å². The van der Waals surface area contributed by atoms with Gasteiger partial charge in [0.2, 0.25) is 0 Å². The summed E-state index contributed by atoms with van der Waals surface area (Å²) in [5, 5.41) is 8.82. The van der Waals surface area contributed by atoms with Crippen LogP contribution in [-0.2, 0) is 11.3 Å². The maximum atomic E-state index is 14.0. The van der Waals surface area contributed by atoms with E-state index < -0.39 is 11.7 Å². The first kappa shape index (κ1) is 22.8. The van der Waals surface area contributed by atoms with Gasteiger partial charge in [0.15, 0.2) is 10.8 Å². The lowest BCUT2D eigenvalue weighted by Crippen LogP contribution is -2.37. The lowest BCUT2D eigenvalue weighted by atomic mass is 10.2. The van der Waals surface area contributed by atoms with E-state index in [9.17, 15) is 9.18 Å². The van der Waals surface area contributed by atoms with Gasteiger partial charge in [0, 0.05) is 25.4 Å². The molecule has 0 atom stereocenters. The molecule has 1 aromatic carbocycles. The molecule has 1 aliphatic rings. The summed E-state index contributed by atoms with van der Waals surface area (Å²) < 4.78 is 21.2. The number of hydrogen-bond acceptors (Lipinski definition) is 7. The average Bonchev–Trinajstić information content (AvgIpc) is 3.20. The smallest absolute Gasteiger partial charge is 0.255 e. The molecule has 8 nitrogen and oxygen atoms in total. The molecule has 0 saturated carbocycles. The minimum Gasteiger partial charge on any atom is -0.378 e. The summed E-state index contributed by atoms with van der Waals surface area (Å²) in [6.07, 6.45) is 2.77. The Balaban J connectivity index is 1.54. The largest absolute Gasteiger partial charge is 0.378 e. The number of hydrogen-bond donors (Lipinski definition) is 1. The summed E-state index contributed by atoms with van der Waals surface area (Å²) in [4.78, 5) is 24.1. The van der Waals surface area contributed by atoms with Crippen molar-refractivity contribution in [2.24, 2.45) is 0 Å². The quantitative estimate of drug-likeness (QED) is 0.392. The molecule has 0 unspecified atom stereocenters. The summed E-state index contributed by atoms with van der Waals surface area (Å²) in [7, 11) is 0. The fourth-order valence-corrected chi connectivity index (χ4v) is 4.37. The highest BCUT2D eigenvalue weighted by molar-refractivity contribution is 7.99. The number of thioether (sulfide) groups is 1. The van der Waals surface area contributed by atoms with Gasteiger partial charge in [-0.1, -0.05) is 36.4 Å². The summed E-state index contributed by atoms with van der Waals surface area (Å²) >= 11 is 7.59. The van der Waals surface area contributed by atoms with Gasteiger partial charge in [0.25, 0.3) is 5.91 Å². The van der Waals surface area contributed by atoms with Crippen molar-refractivity contribution in [2.75, 3.05) is 43.5 Å². The third kappa shape index (κ3) is 4.97. The van der Waals surface area contributed by atoms with E-state index in [4.69, 9.17) is 26.3 Å². The Labute approximate surface area is 194 Å². The highest BCUT2D eigenvalue weighted by Gasteiger charge is 2.21. The first-order chi connectivity index (χ1) is 15.6. The number of halogens is 2. The van der Waals surface area contributed by atoms with Crippen molar-refractivity contribution in [3.8, 4) is 0 Å². The van der Waals surface area contributed by atoms with E-state index in [-0.39, 0.29) is 17.1 Å². The molecular formula is C21H24ClFN6O2S. The minimum absolute atomic E-state index is 0.0764. The maximum Gasteiger partial charge on any atom is 0.255 e. The zero-order chi connectivity index (χ0) is 22.5. The van der Waals surface area contributed by atoms with Gasteiger partial charge in [-0.15, -0.1) is 0 Å². The Bertz CT molecular complexity index is 1090. The predicted octanol–water partition coefficient (Wildman–Crippen LogP) is 3.39. The number of carbonyl (C=O) groups excluding carboxylic acids is 1. The van der Waals surface area contributed by atoms with E-state index in [2.05, 4.69) is 22.2 Å².